The predicted molar refractivity (Wildman–Crippen MR) is 140 cm³/mol. The molecule has 0 spiro atoms. The SMILES string of the molecule is N#Cc1c(-c2ccccc2)cc(-c2cccc3c2oc2c(Cl)cccc23)cc1-c1ccccc1. The topological polar surface area (TPSA) is 36.9 Å². The van der Waals surface area contributed by atoms with Crippen LogP contribution in [-0.2, 0) is 0 Å². The molecule has 0 bridgehead atoms. The van der Waals surface area contributed by atoms with Gasteiger partial charge < -0.3 is 4.42 Å². The Morgan fingerprint density at radius 2 is 1.12 bits per heavy atom. The fourth-order valence-electron chi connectivity index (χ4n) is 4.62. The second kappa shape index (κ2) is 8.23. The lowest BCUT2D eigenvalue weighted by Crippen LogP contribution is -1.93. The number of rotatable bonds is 3. The van der Waals surface area contributed by atoms with E-state index in [1.807, 2.05) is 84.9 Å². The molecular formula is C31H18ClNO. The van der Waals surface area contributed by atoms with E-state index in [0.717, 1.165) is 49.7 Å². The number of halogens is 1. The van der Waals surface area contributed by atoms with Crippen molar-refractivity contribution in [3.8, 4) is 39.4 Å². The Hall–Kier alpha value is -4.32. The summed E-state index contributed by atoms with van der Waals surface area (Å²) in [7, 11) is 0. The van der Waals surface area contributed by atoms with Gasteiger partial charge in [-0.05, 0) is 34.9 Å². The van der Waals surface area contributed by atoms with E-state index in [2.05, 4.69) is 30.3 Å². The standard InChI is InChI=1S/C31H18ClNO/c32-29-16-8-15-25-24-14-7-13-23(30(24)34-31(25)29)22-17-26(20-9-3-1-4-10-20)28(19-33)27(18-22)21-11-5-2-6-12-21/h1-18H. The van der Waals surface area contributed by atoms with Crippen LogP contribution < -0.4 is 0 Å². The molecule has 2 nitrogen and oxygen atoms in total. The summed E-state index contributed by atoms with van der Waals surface area (Å²) in [6.45, 7) is 0. The van der Waals surface area contributed by atoms with Crippen LogP contribution in [0.15, 0.2) is 114 Å². The zero-order valence-electron chi connectivity index (χ0n) is 18.1. The smallest absolute Gasteiger partial charge is 0.154 e. The van der Waals surface area contributed by atoms with Crippen molar-refractivity contribution in [1.82, 2.24) is 0 Å². The molecule has 0 saturated heterocycles. The molecule has 0 aliphatic heterocycles. The minimum absolute atomic E-state index is 0.592. The molecule has 0 saturated carbocycles. The molecule has 0 N–H and O–H groups in total. The molecule has 34 heavy (non-hydrogen) atoms. The van der Waals surface area contributed by atoms with Crippen LogP contribution in [-0.4, -0.2) is 0 Å². The summed E-state index contributed by atoms with van der Waals surface area (Å²) in [5.74, 6) is 0. The van der Waals surface area contributed by atoms with Crippen molar-refractivity contribution in [2.75, 3.05) is 0 Å². The summed E-state index contributed by atoms with van der Waals surface area (Å²) < 4.78 is 6.32. The van der Waals surface area contributed by atoms with Crippen molar-refractivity contribution in [2.45, 2.75) is 0 Å². The van der Waals surface area contributed by atoms with Crippen LogP contribution in [0, 0.1) is 11.3 Å². The lowest BCUT2D eigenvalue weighted by Gasteiger charge is -2.14. The third-order valence-corrected chi connectivity index (χ3v) is 6.50. The summed E-state index contributed by atoms with van der Waals surface area (Å²) in [5.41, 5.74) is 7.86. The molecular weight excluding hydrogens is 438 g/mol. The van der Waals surface area contributed by atoms with Gasteiger partial charge in [-0.15, -0.1) is 0 Å². The van der Waals surface area contributed by atoms with E-state index in [-0.39, 0.29) is 0 Å². The minimum atomic E-state index is 0.592. The Kier molecular flexibility index (Phi) is 4.91. The van der Waals surface area contributed by atoms with E-state index in [1.165, 1.54) is 0 Å². The van der Waals surface area contributed by atoms with Gasteiger partial charge in [0.1, 0.15) is 11.7 Å². The highest BCUT2D eigenvalue weighted by molar-refractivity contribution is 6.36. The van der Waals surface area contributed by atoms with Crippen molar-refractivity contribution in [3.63, 3.8) is 0 Å². The molecule has 1 heterocycles. The van der Waals surface area contributed by atoms with Crippen LogP contribution in [0.25, 0.3) is 55.3 Å². The van der Waals surface area contributed by atoms with Gasteiger partial charge in [0.25, 0.3) is 0 Å². The molecule has 6 rings (SSSR count). The Bertz CT molecular complexity index is 1650. The Labute approximate surface area is 202 Å². The molecule has 3 heteroatoms. The number of hydrogen-bond acceptors (Lipinski definition) is 2. The van der Waals surface area contributed by atoms with Gasteiger partial charge >= 0.3 is 0 Å². The second-order valence-electron chi connectivity index (χ2n) is 8.19. The van der Waals surface area contributed by atoms with Gasteiger partial charge in [0, 0.05) is 27.5 Å². The van der Waals surface area contributed by atoms with E-state index in [1.54, 1.807) is 0 Å². The summed E-state index contributed by atoms with van der Waals surface area (Å²) in [5, 5.41) is 12.8. The Balaban J connectivity index is 1.70. The van der Waals surface area contributed by atoms with Crippen LogP contribution in [0.3, 0.4) is 0 Å². The maximum Gasteiger partial charge on any atom is 0.154 e. The molecule has 0 fully saturated rings. The number of para-hydroxylation sites is 2. The van der Waals surface area contributed by atoms with E-state index >= 15 is 0 Å². The summed E-state index contributed by atoms with van der Waals surface area (Å²) in [4.78, 5) is 0. The monoisotopic (exact) mass is 455 g/mol. The van der Waals surface area contributed by atoms with E-state index in [9.17, 15) is 5.26 Å². The first-order chi connectivity index (χ1) is 16.7. The third kappa shape index (κ3) is 3.27. The number of nitrogens with zero attached hydrogens (tertiary/aromatic N) is 1. The minimum Gasteiger partial charge on any atom is -0.454 e. The van der Waals surface area contributed by atoms with Gasteiger partial charge in [0.2, 0.25) is 0 Å². The van der Waals surface area contributed by atoms with Crippen molar-refractivity contribution in [3.05, 3.63) is 120 Å². The highest BCUT2D eigenvalue weighted by atomic mass is 35.5. The molecule has 0 radical (unpaired) electrons. The quantitative estimate of drug-likeness (QED) is 0.267. The lowest BCUT2D eigenvalue weighted by atomic mass is 9.88. The van der Waals surface area contributed by atoms with Gasteiger partial charge in [0.15, 0.2) is 5.58 Å². The molecule has 0 atom stereocenters. The summed E-state index contributed by atoms with van der Waals surface area (Å²) >= 11 is 6.45. The average Bonchev–Trinajstić information content (AvgIpc) is 3.29. The van der Waals surface area contributed by atoms with Crippen LogP contribution in [0.1, 0.15) is 5.56 Å². The van der Waals surface area contributed by atoms with Crippen LogP contribution in [0.5, 0.6) is 0 Å². The Morgan fingerprint density at radius 1 is 0.559 bits per heavy atom. The van der Waals surface area contributed by atoms with Gasteiger partial charge in [-0.1, -0.05) is 103 Å². The van der Waals surface area contributed by atoms with Crippen molar-refractivity contribution in [2.24, 2.45) is 0 Å². The maximum atomic E-state index is 10.2. The van der Waals surface area contributed by atoms with Crippen LogP contribution in [0.4, 0.5) is 0 Å². The van der Waals surface area contributed by atoms with E-state index in [0.29, 0.717) is 16.2 Å². The van der Waals surface area contributed by atoms with Crippen molar-refractivity contribution >= 4 is 33.5 Å². The number of fused-ring (bicyclic) bond motifs is 3. The highest BCUT2D eigenvalue weighted by Crippen LogP contribution is 2.42. The highest BCUT2D eigenvalue weighted by Gasteiger charge is 2.18. The molecule has 160 valence electrons. The molecule has 6 aromatic rings. The summed E-state index contributed by atoms with van der Waals surface area (Å²) in [6, 6.07) is 38.7. The largest absolute Gasteiger partial charge is 0.454 e. The zero-order valence-corrected chi connectivity index (χ0v) is 18.9. The molecule has 0 aliphatic rings. The normalized spacial score (nSPS) is 11.1. The van der Waals surface area contributed by atoms with Crippen LogP contribution >= 0.6 is 11.6 Å². The second-order valence-corrected chi connectivity index (χ2v) is 8.60. The number of hydrogen-bond donors (Lipinski definition) is 0. The molecule has 5 aromatic carbocycles. The third-order valence-electron chi connectivity index (χ3n) is 6.21. The predicted octanol–water partition coefficient (Wildman–Crippen LogP) is 9.11. The first kappa shape index (κ1) is 20.3. The van der Waals surface area contributed by atoms with E-state index in [4.69, 9.17) is 16.0 Å². The Morgan fingerprint density at radius 3 is 1.71 bits per heavy atom. The van der Waals surface area contributed by atoms with Crippen LogP contribution in [0.2, 0.25) is 5.02 Å². The molecule has 0 unspecified atom stereocenters. The fraction of sp³-hybridized carbons (Fsp3) is 0. The number of furan rings is 1. The maximum absolute atomic E-state index is 10.2. The molecule has 0 aliphatic carbocycles. The first-order valence-corrected chi connectivity index (χ1v) is 11.4. The zero-order chi connectivity index (χ0) is 23.1. The lowest BCUT2D eigenvalue weighted by molar-refractivity contribution is 0.670. The van der Waals surface area contributed by atoms with Gasteiger partial charge in [-0.2, -0.15) is 5.26 Å². The number of benzene rings is 5. The van der Waals surface area contributed by atoms with Crippen molar-refractivity contribution in [1.29, 1.82) is 5.26 Å². The van der Waals surface area contributed by atoms with Gasteiger partial charge in [0.05, 0.1) is 10.6 Å². The fourth-order valence-corrected chi connectivity index (χ4v) is 4.84. The molecule has 0 amide bonds. The van der Waals surface area contributed by atoms with Gasteiger partial charge in [-0.25, -0.2) is 0 Å². The van der Waals surface area contributed by atoms with Crippen molar-refractivity contribution < 1.29 is 4.42 Å². The number of nitriles is 1. The van der Waals surface area contributed by atoms with E-state index < -0.39 is 0 Å². The first-order valence-electron chi connectivity index (χ1n) is 11.0. The average molecular weight is 456 g/mol. The summed E-state index contributed by atoms with van der Waals surface area (Å²) in [6.07, 6.45) is 0. The molecule has 1 aromatic heterocycles. The van der Waals surface area contributed by atoms with Gasteiger partial charge in [-0.3, -0.25) is 0 Å².